The number of carbonyl (C=O) groups is 20. The molecule has 38 nitrogen and oxygen atoms in total. The lowest BCUT2D eigenvalue weighted by molar-refractivity contribution is -0.149. The highest BCUT2D eigenvalue weighted by molar-refractivity contribution is 6.16. The van der Waals surface area contributed by atoms with E-state index in [4.69, 9.17) is 19.9 Å². The molecule has 8 N–H and O–H groups in total. The van der Waals surface area contributed by atoms with E-state index in [0.717, 1.165) is 68.2 Å². The minimum Gasteiger partial charge on any atom is -0.445 e. The number of benzene rings is 2. The number of likely N-dealkylation sites (tertiary alicyclic amines) is 1. The number of hydrogen-bond donors (Lipinski definition) is 7. The molecule has 0 saturated carbocycles. The fourth-order valence-electron chi connectivity index (χ4n) is 17.9. The lowest BCUT2D eigenvalue weighted by Gasteiger charge is -2.41. The molecule has 2 aromatic rings. The molecule has 14 atom stereocenters. The topological polar surface area (TPSA) is 501 Å². The van der Waals surface area contributed by atoms with Crippen LogP contribution in [-0.4, -0.2) is 292 Å². The van der Waals surface area contributed by atoms with Gasteiger partial charge in [0.1, 0.15) is 12.4 Å². The molecule has 38 heteroatoms. The number of Topliss-reactive ketones (excluding diaryl/α,β-unsaturated/α-hetero) is 3. The summed E-state index contributed by atoms with van der Waals surface area (Å²) in [5.74, 6) is -14.3. The van der Waals surface area contributed by atoms with Gasteiger partial charge >= 0.3 is 12.1 Å². The molecule has 0 bridgehead atoms. The van der Waals surface area contributed by atoms with Crippen molar-refractivity contribution in [2.45, 2.75) is 240 Å². The third-order valence-corrected chi connectivity index (χ3v) is 25.7. The molecule has 0 aromatic heterocycles. The van der Waals surface area contributed by atoms with Crippen molar-refractivity contribution in [1.29, 1.82) is 0 Å². The summed E-state index contributed by atoms with van der Waals surface area (Å²) in [6, 6.07) is 9.27. The number of aliphatic hydroxyl groups excluding tert-OH is 1. The summed E-state index contributed by atoms with van der Waals surface area (Å²) in [7, 11) is 6.13. The zero-order valence-electron chi connectivity index (χ0n) is 80.0. The van der Waals surface area contributed by atoms with Gasteiger partial charge in [0.05, 0.1) is 74.1 Å². The average molecular weight is 1880 g/mol. The molecule has 0 spiro atoms. The largest absolute Gasteiger partial charge is 0.445 e. The van der Waals surface area contributed by atoms with Crippen LogP contribution in [0.15, 0.2) is 103 Å². The normalized spacial score (nSPS) is 17.7. The Hall–Kier alpha value is -12.3. The molecule has 5 heterocycles. The van der Waals surface area contributed by atoms with Gasteiger partial charge in [-0.1, -0.05) is 118 Å². The molecular formula is C97H136N14O24. The number of likely N-dealkylation sites (N-methyl/N-ethyl adjacent to an activating group) is 2. The molecule has 0 aliphatic carbocycles. The quantitative estimate of drug-likeness (QED) is 0.0318. The number of nitrogens with zero attached hydrogens (tertiary/aromatic N) is 8. The van der Waals surface area contributed by atoms with Crippen molar-refractivity contribution in [2.24, 2.45) is 53.1 Å². The monoisotopic (exact) mass is 1880 g/mol. The Morgan fingerprint density at radius 2 is 1.06 bits per heavy atom. The summed E-state index contributed by atoms with van der Waals surface area (Å²) in [5.41, 5.74) is 6.82. The van der Waals surface area contributed by atoms with Crippen LogP contribution >= 0.6 is 0 Å². The zero-order valence-corrected chi connectivity index (χ0v) is 80.0. The molecule has 18 amide bonds. The third kappa shape index (κ3) is 31.6. The van der Waals surface area contributed by atoms with Crippen LogP contribution in [0.5, 0.6) is 0 Å². The number of methoxy groups -OCH3 is 2. The number of hydrogen-bond acceptors (Lipinski definition) is 24. The zero-order chi connectivity index (χ0) is 99.8. The van der Waals surface area contributed by atoms with E-state index in [0.29, 0.717) is 36.9 Å². The molecule has 135 heavy (non-hydrogen) atoms. The van der Waals surface area contributed by atoms with E-state index >= 15 is 4.79 Å². The van der Waals surface area contributed by atoms with Crippen molar-refractivity contribution in [3.8, 4) is 0 Å². The van der Waals surface area contributed by atoms with Gasteiger partial charge in [-0.15, -0.1) is 0 Å². The first-order valence-corrected chi connectivity index (χ1v) is 46.6. The second-order valence-electron chi connectivity index (χ2n) is 36.4. The summed E-state index contributed by atoms with van der Waals surface area (Å²) in [6.07, 6.45) is 5.40. The van der Waals surface area contributed by atoms with Crippen molar-refractivity contribution >= 4 is 124 Å². The van der Waals surface area contributed by atoms with Crippen LogP contribution in [-0.2, 0) is 107 Å². The van der Waals surface area contributed by atoms with Crippen molar-refractivity contribution in [3.05, 3.63) is 114 Å². The maximum absolute atomic E-state index is 15.0. The standard InChI is InChI=1S/C97H136N14O24/c1-15-61(8)91(75(133-13)54-88(127)107-50-20-26-71(107)93(134-14)63(10)72(112)51-62(9)92(128)65-23-17-16-18-24-65)104(11)95(130)70(58(2)3)53-74(114)90(60(6)7)105(12)97(132)135-57-64-27-29-67(30-28-64)102-94(129)66(25-19-45-101-96(98)131)52-73(113)89(59(4)5)103-78(117)35-36-79(118)106(48-21-46-99-76(115)33-31-68(110-84(123)41-42-85(110)124)55-108-80(119)37-38-81(108)120)49-22-47-100-77(116)34-32-69(111-86(125)43-44-87(111)126)56-109-82(121)39-40-83(109)122/h16-18,23-24,27-30,37-44,58-63,66,68-71,75,89-93,128H,15,19-22,25-26,31-36,45-57H2,1-14H3,(H,99,115)(H,100,116)(H,102,129)(H,103,117)(H3,98,101,131)/t61-,62-,63-,66+,68?,69?,70-,71-,75+,89-,90-,91-,92+,93+/m0/s1. The van der Waals surface area contributed by atoms with E-state index in [2.05, 4.69) is 26.6 Å². The number of nitrogens with two attached hydrogens (primary N) is 1. The summed E-state index contributed by atoms with van der Waals surface area (Å²) in [6.45, 7) is 17.6. The van der Waals surface area contributed by atoms with Gasteiger partial charge in [-0.05, 0) is 104 Å². The van der Waals surface area contributed by atoms with Crippen LogP contribution in [0.2, 0.25) is 0 Å². The summed E-state index contributed by atoms with van der Waals surface area (Å²) < 4.78 is 17.9. The molecule has 5 aliphatic rings. The first kappa shape index (κ1) is 110. The van der Waals surface area contributed by atoms with Crippen molar-refractivity contribution in [1.82, 2.24) is 60.5 Å². The number of ether oxygens (including phenoxy) is 3. The van der Waals surface area contributed by atoms with E-state index < -0.39 is 198 Å². The van der Waals surface area contributed by atoms with Gasteiger partial charge < -0.3 is 71.2 Å². The van der Waals surface area contributed by atoms with Crippen LogP contribution in [0, 0.1) is 47.3 Å². The number of ketones is 3. The lowest BCUT2D eigenvalue weighted by Crippen LogP contribution is -2.54. The Kier molecular flexibility index (Phi) is 43.1. The van der Waals surface area contributed by atoms with Gasteiger partial charge in [0.25, 0.3) is 47.3 Å². The maximum Gasteiger partial charge on any atom is 0.410 e. The molecule has 5 aliphatic heterocycles. The van der Waals surface area contributed by atoms with Crippen LogP contribution < -0.4 is 32.3 Å². The van der Waals surface area contributed by atoms with Gasteiger partial charge in [-0.25, -0.2) is 9.59 Å². The van der Waals surface area contributed by atoms with Crippen LogP contribution in [0.25, 0.3) is 0 Å². The first-order chi connectivity index (χ1) is 64.0. The molecule has 1 saturated heterocycles. The Morgan fingerprint density at radius 1 is 0.541 bits per heavy atom. The summed E-state index contributed by atoms with van der Waals surface area (Å²) >= 11 is 0. The molecule has 1 fully saturated rings. The molecule has 2 aromatic carbocycles. The number of urea groups is 1. The number of anilines is 1. The van der Waals surface area contributed by atoms with Crippen LogP contribution in [0.4, 0.5) is 15.3 Å². The van der Waals surface area contributed by atoms with Crippen LogP contribution in [0.3, 0.4) is 0 Å². The number of rotatable bonds is 58. The van der Waals surface area contributed by atoms with E-state index in [1.54, 1.807) is 75.7 Å². The molecular weight excluding hydrogens is 1750 g/mol. The smallest absolute Gasteiger partial charge is 0.410 e. The number of carbonyl (C=O) groups excluding carboxylic acids is 20. The molecule has 0 radical (unpaired) electrons. The maximum atomic E-state index is 15.0. The van der Waals surface area contributed by atoms with Gasteiger partial charge in [0.2, 0.25) is 41.4 Å². The summed E-state index contributed by atoms with van der Waals surface area (Å²) in [4.78, 5) is 278. The third-order valence-electron chi connectivity index (χ3n) is 25.7. The highest BCUT2D eigenvalue weighted by atomic mass is 16.6. The van der Waals surface area contributed by atoms with E-state index in [-0.39, 0.29) is 170 Å². The van der Waals surface area contributed by atoms with Crippen molar-refractivity contribution in [3.63, 3.8) is 0 Å². The van der Waals surface area contributed by atoms with Gasteiger partial charge in [0.15, 0.2) is 11.6 Å². The van der Waals surface area contributed by atoms with Gasteiger partial charge in [-0.3, -0.25) is 106 Å². The second kappa shape index (κ2) is 53.1. The Balaban J connectivity index is 0.938. The number of aliphatic hydroxyl groups is 1. The average Bonchev–Trinajstić information content (AvgIpc) is 1.79. The number of nitrogens with one attached hydrogen (secondary N) is 5. The van der Waals surface area contributed by atoms with Crippen LogP contribution in [0.1, 0.15) is 196 Å². The highest BCUT2D eigenvalue weighted by Crippen LogP contribution is 2.35. The van der Waals surface area contributed by atoms with Crippen molar-refractivity contribution < 1.29 is 115 Å². The number of amides is 18. The minimum absolute atomic E-state index is 0.00774. The Morgan fingerprint density at radius 3 is 1.54 bits per heavy atom. The first-order valence-electron chi connectivity index (χ1n) is 46.6. The predicted octanol–water partition coefficient (Wildman–Crippen LogP) is 5.48. The number of imide groups is 4. The Labute approximate surface area is 788 Å². The molecule has 2 unspecified atom stereocenters. The predicted molar refractivity (Wildman–Crippen MR) is 493 cm³/mol. The highest BCUT2D eigenvalue weighted by Gasteiger charge is 2.46. The SMILES string of the molecule is CC[C@H](C)[C@@H]([C@@H](CC(=O)N1CCC[C@H]1[C@H](OC)[C@@H](C)C(=O)C[C@H](C)[C@@H](O)c1ccccc1)OC)N(C)C(=O)[C@@H](CC(=O)[C@H](C(C)C)N(C)C(=O)OCc1ccc(NC(=O)[C@H](CCCNC(N)=O)CC(=O)[C@@H](NC(=O)CCC(=O)N(CCCNC(=O)CCC(CN2C(=O)C=CC2=O)N2C(=O)C=CC2=O)CCCNC(=O)CCC(CN2C(=O)C=CC2=O)N2C(=O)C=CC2=O)C(C)C)cc1)C(C)C. The lowest BCUT2D eigenvalue weighted by atomic mass is 9.83. The second-order valence-corrected chi connectivity index (χ2v) is 36.4. The van der Waals surface area contributed by atoms with E-state index in [9.17, 15) is 96.2 Å². The number of primary amides is 1. The molecule has 7 rings (SSSR count). The fraction of sp³-hybridized carbons (Fsp3) is 0.588. The summed E-state index contributed by atoms with van der Waals surface area (Å²) in [5, 5.41) is 24.6. The molecule has 738 valence electrons. The van der Waals surface area contributed by atoms with E-state index in [1.165, 1.54) is 31.1 Å². The van der Waals surface area contributed by atoms with Gasteiger partial charge in [-0.2, -0.15) is 0 Å². The Bertz CT molecular complexity index is 4540. The minimum atomic E-state index is -1.17. The fourth-order valence-corrected chi connectivity index (χ4v) is 17.9. The van der Waals surface area contributed by atoms with Crippen molar-refractivity contribution in [2.75, 3.05) is 86.0 Å². The van der Waals surface area contributed by atoms with Gasteiger partial charge in [0, 0.05) is 185 Å². The van der Waals surface area contributed by atoms with E-state index in [1.807, 2.05) is 65.0 Å².